The van der Waals surface area contributed by atoms with Crippen molar-refractivity contribution in [2.24, 2.45) is 10.9 Å². The van der Waals surface area contributed by atoms with Crippen molar-refractivity contribution < 1.29 is 41.4 Å². The predicted molar refractivity (Wildman–Crippen MR) is 131 cm³/mol. The van der Waals surface area contributed by atoms with Crippen LogP contribution in [0.25, 0.3) is 0 Å². The minimum atomic E-state index is -0.271. The van der Waals surface area contributed by atoms with Crippen LogP contribution in [0.1, 0.15) is 37.2 Å². The van der Waals surface area contributed by atoms with Crippen LogP contribution in [0.4, 0.5) is 4.39 Å². The number of piperidine rings is 1. The molecule has 2 bridgehead atoms. The summed E-state index contributed by atoms with van der Waals surface area (Å²) in [5.41, 5.74) is 1.00. The van der Waals surface area contributed by atoms with Gasteiger partial charge in [0.25, 0.3) is 0 Å². The van der Waals surface area contributed by atoms with E-state index in [1.165, 1.54) is 19.2 Å². The summed E-state index contributed by atoms with van der Waals surface area (Å²) in [6.45, 7) is 2.94. The standard InChI is InChI=1S/C24H36FN3O3S2.O.Tc/c1-31-24(30)23-20(17-3-5-18(25)6-4-17)15-19-7-8-21(23)28(19)11-2-10-27(12-14-33)16-22(29)26-9-13-32;;/h3-6,19-21,23,32-33H,2,7-16H2,1H3,(H,26,29);;/q;;+3/p-3/i;;1+1. The van der Waals surface area contributed by atoms with Gasteiger partial charge in [-0.25, -0.2) is 4.39 Å². The summed E-state index contributed by atoms with van der Waals surface area (Å²) in [7, 11) is 1.44. The number of benzene rings is 1. The Kier molecular flexibility index (Phi) is 14.0. The van der Waals surface area contributed by atoms with Crippen molar-refractivity contribution in [3.63, 3.8) is 0 Å². The number of hydrogen-bond donors (Lipinski definition) is 0. The third-order valence-corrected chi connectivity index (χ3v) is 7.24. The first-order chi connectivity index (χ1) is 17.0. The van der Waals surface area contributed by atoms with Gasteiger partial charge in [0.05, 0.1) is 13.0 Å². The van der Waals surface area contributed by atoms with Gasteiger partial charge in [0.15, 0.2) is 0 Å². The molecule has 4 atom stereocenters. The second-order valence-corrected chi connectivity index (χ2v) is 9.61. The second kappa shape index (κ2) is 16.1. The molecule has 0 saturated carbocycles. The number of fused-ring (bicyclic) bond motifs is 2. The summed E-state index contributed by atoms with van der Waals surface area (Å²) in [6.07, 6.45) is 3.74. The molecule has 0 N–H and O–H groups in total. The van der Waals surface area contributed by atoms with Crippen LogP contribution < -0.4 is 5.11 Å². The van der Waals surface area contributed by atoms with Crippen LogP contribution in [0.5, 0.6) is 0 Å². The molecule has 7 nitrogen and oxygen atoms in total. The molecule has 2 saturated heterocycles. The quantitative estimate of drug-likeness (QED) is 0.152. The maximum absolute atomic E-state index is 13.5. The summed E-state index contributed by atoms with van der Waals surface area (Å²) >= 11 is 10.9. The zero-order valence-electron chi connectivity index (χ0n) is 19.9. The second-order valence-electron chi connectivity index (χ2n) is 8.79. The number of nitrogens with zero attached hydrogens (tertiary/aromatic N) is 3. The molecule has 35 heavy (non-hydrogen) atoms. The first kappa shape index (κ1) is 30.4. The van der Waals surface area contributed by atoms with E-state index >= 15 is 0 Å². The molecule has 0 aliphatic carbocycles. The number of rotatable bonds is 12. The number of halogens is 1. The molecule has 3 rings (SSSR count). The third kappa shape index (κ3) is 8.61. The third-order valence-electron chi connectivity index (χ3n) is 6.87. The van der Waals surface area contributed by atoms with Gasteiger partial charge >= 0.3 is 28.3 Å². The molecule has 0 amide bonds. The number of carbonyl (C=O) groups is 1. The van der Waals surface area contributed by atoms with Crippen molar-refractivity contribution >= 4 is 37.1 Å². The normalized spacial score (nSPS) is 24.2. The van der Waals surface area contributed by atoms with Crippen molar-refractivity contribution in [3.05, 3.63) is 35.6 Å². The van der Waals surface area contributed by atoms with E-state index in [1.54, 1.807) is 12.1 Å². The fourth-order valence-corrected chi connectivity index (χ4v) is 5.81. The Hall–Kier alpha value is -0.841. The van der Waals surface area contributed by atoms with Gasteiger partial charge in [0, 0.05) is 31.1 Å². The van der Waals surface area contributed by atoms with E-state index < -0.39 is 0 Å². The Bertz CT molecular complexity index is 820. The number of carbonyl (C=O) groups excluding carboxylic acids is 1. The Morgan fingerprint density at radius 2 is 1.94 bits per heavy atom. The van der Waals surface area contributed by atoms with Crippen LogP contribution in [-0.2, 0) is 57.1 Å². The van der Waals surface area contributed by atoms with Crippen LogP contribution in [0.3, 0.4) is 0 Å². The van der Waals surface area contributed by atoms with Crippen LogP contribution in [-0.4, -0.2) is 85.1 Å². The molecule has 2 heterocycles. The Labute approximate surface area is 229 Å². The topological polar surface area (TPSA) is 85.3 Å². The van der Waals surface area contributed by atoms with Crippen molar-refractivity contribution in [3.8, 4) is 0 Å². The van der Waals surface area contributed by atoms with Gasteiger partial charge < -0.3 is 45.0 Å². The molecular weight excluding hydrogens is 576 g/mol. The molecule has 2 aliphatic rings. The molecule has 1 aromatic rings. The first-order valence-corrected chi connectivity index (χ1v) is 13.7. The van der Waals surface area contributed by atoms with Gasteiger partial charge in [-0.2, -0.15) is 11.5 Å². The summed E-state index contributed by atoms with van der Waals surface area (Å²) in [6, 6.07) is 7.03. The van der Waals surface area contributed by atoms with E-state index in [0.717, 1.165) is 63.2 Å². The van der Waals surface area contributed by atoms with E-state index in [0.29, 0.717) is 30.6 Å². The van der Waals surface area contributed by atoms with Crippen molar-refractivity contribution in [2.45, 2.75) is 43.7 Å². The fourth-order valence-electron chi connectivity index (χ4n) is 5.46. The monoisotopic (exact) mass is 609 g/mol. The SMILES string of the molecule is COC(=O)C1C(c2ccc(F)cc2)CC2CCC1N2CCCN(CC[S-])CC([O-])=NCC[S-].[O]=[99Tc+3]. The van der Waals surface area contributed by atoms with Crippen molar-refractivity contribution in [1.82, 2.24) is 9.80 Å². The molecule has 4 unspecified atom stereocenters. The van der Waals surface area contributed by atoms with Gasteiger partial charge in [-0.3, -0.25) is 9.69 Å². The molecule has 0 radical (unpaired) electrons. The zero-order valence-corrected chi connectivity index (χ0v) is 23.4. The number of ether oxygens (including phenoxy) is 1. The zero-order chi connectivity index (χ0) is 25.8. The Balaban J connectivity index is 0.00000210. The van der Waals surface area contributed by atoms with E-state index in [1.807, 2.05) is 0 Å². The Morgan fingerprint density at radius 3 is 2.57 bits per heavy atom. The van der Waals surface area contributed by atoms with E-state index in [2.05, 4.69) is 14.8 Å². The minimum absolute atomic E-state index is 0.0344. The van der Waals surface area contributed by atoms with Crippen LogP contribution >= 0.6 is 0 Å². The average Bonchev–Trinajstić information content (AvgIpc) is 3.14. The molecule has 2 aliphatic heterocycles. The number of hydrogen-bond acceptors (Lipinski definition) is 9. The molecule has 2 fully saturated rings. The molecule has 0 spiro atoms. The summed E-state index contributed by atoms with van der Waals surface area (Å²) in [5, 5.41) is 12.0. The molecule has 11 heteroatoms. The van der Waals surface area contributed by atoms with E-state index in [-0.39, 0.29) is 42.1 Å². The summed E-state index contributed by atoms with van der Waals surface area (Å²) < 4.78 is 26.9. The number of esters is 1. The Morgan fingerprint density at radius 1 is 1.23 bits per heavy atom. The van der Waals surface area contributed by atoms with Gasteiger partial charge in [-0.15, -0.1) is 0 Å². The predicted octanol–water partition coefficient (Wildman–Crippen LogP) is 1.36. The summed E-state index contributed by atoms with van der Waals surface area (Å²) in [5.74, 6) is 0.176. The molecule has 0 aromatic heterocycles. The molecule has 1 aromatic carbocycles. The first-order valence-electron chi connectivity index (χ1n) is 11.8. The molecular formula is C24H33FN3O4S2Tc. The van der Waals surface area contributed by atoms with Crippen molar-refractivity contribution in [2.75, 3.05) is 51.3 Å². The average molecular weight is 610 g/mol. The van der Waals surface area contributed by atoms with Crippen LogP contribution in [0.15, 0.2) is 29.3 Å². The van der Waals surface area contributed by atoms with E-state index in [4.69, 9.17) is 33.5 Å². The maximum atomic E-state index is 13.5. The van der Waals surface area contributed by atoms with Gasteiger partial charge in [0.2, 0.25) is 0 Å². The number of methoxy groups -OCH3 is 1. The number of aliphatic imine (C=N–C) groups is 1. The van der Waals surface area contributed by atoms with Gasteiger partial charge in [-0.1, -0.05) is 12.1 Å². The van der Waals surface area contributed by atoms with Gasteiger partial charge in [0.1, 0.15) is 5.82 Å². The molecule has 194 valence electrons. The van der Waals surface area contributed by atoms with Crippen molar-refractivity contribution in [1.29, 1.82) is 0 Å². The van der Waals surface area contributed by atoms with Gasteiger partial charge in [-0.05, 0) is 68.9 Å². The van der Waals surface area contributed by atoms with Crippen LogP contribution in [0, 0.1) is 11.7 Å². The van der Waals surface area contributed by atoms with E-state index in [9.17, 15) is 14.3 Å². The fraction of sp³-hybridized carbons (Fsp3) is 0.667. The summed E-state index contributed by atoms with van der Waals surface area (Å²) in [4.78, 5) is 21.3. The van der Waals surface area contributed by atoms with Crippen LogP contribution in [0.2, 0.25) is 0 Å².